The van der Waals surface area contributed by atoms with Gasteiger partial charge in [-0.05, 0) is 31.2 Å². The van der Waals surface area contributed by atoms with Crippen LogP contribution in [0.5, 0.6) is 11.5 Å². The number of para-hydroxylation sites is 2. The zero-order chi connectivity index (χ0) is 16.9. The van der Waals surface area contributed by atoms with Crippen LogP contribution >= 0.6 is 0 Å². The van der Waals surface area contributed by atoms with Crippen molar-refractivity contribution in [3.8, 4) is 11.5 Å². The summed E-state index contributed by atoms with van der Waals surface area (Å²) in [6, 6.07) is 13.2. The summed E-state index contributed by atoms with van der Waals surface area (Å²) in [4.78, 5) is -0.178. The standard InChI is InChI=1S/C9H10O3.C7H8O3S/c10-5-7-6-11-8-3-1-2-4-9(8)12-7;1-6-2-4-7(5-3-6)11(8,9)10/h1-4,7,10H,5-6H2;2-5H,1H3,(H,8,9,10)/p-1. The summed E-state index contributed by atoms with van der Waals surface area (Å²) < 4.78 is 41.9. The lowest BCUT2D eigenvalue weighted by atomic mass is 10.2. The van der Waals surface area contributed by atoms with Crippen molar-refractivity contribution in [2.45, 2.75) is 17.9 Å². The first-order valence-electron chi connectivity index (χ1n) is 6.92. The molecule has 0 spiro atoms. The molecule has 6 nitrogen and oxygen atoms in total. The molecule has 3 rings (SSSR count). The van der Waals surface area contributed by atoms with Gasteiger partial charge in [0.1, 0.15) is 16.7 Å². The molecule has 124 valence electrons. The van der Waals surface area contributed by atoms with E-state index in [1.165, 1.54) is 12.1 Å². The lowest BCUT2D eigenvalue weighted by Crippen LogP contribution is -2.32. The number of fused-ring (bicyclic) bond motifs is 1. The summed E-state index contributed by atoms with van der Waals surface area (Å²) in [6.07, 6.45) is -0.222. The van der Waals surface area contributed by atoms with Crippen molar-refractivity contribution in [3.63, 3.8) is 0 Å². The molecule has 1 heterocycles. The number of aryl methyl sites for hydroxylation is 1. The van der Waals surface area contributed by atoms with Crippen LogP contribution in [0.4, 0.5) is 0 Å². The van der Waals surface area contributed by atoms with Gasteiger partial charge in [0, 0.05) is 0 Å². The van der Waals surface area contributed by atoms with Gasteiger partial charge in [0.05, 0.1) is 11.5 Å². The number of benzene rings is 2. The van der Waals surface area contributed by atoms with Crippen molar-refractivity contribution < 1.29 is 27.6 Å². The molecule has 1 N–H and O–H groups in total. The van der Waals surface area contributed by atoms with Gasteiger partial charge in [-0.3, -0.25) is 0 Å². The van der Waals surface area contributed by atoms with Crippen molar-refractivity contribution in [1.82, 2.24) is 0 Å². The Labute approximate surface area is 135 Å². The van der Waals surface area contributed by atoms with Crippen LogP contribution in [-0.2, 0) is 10.1 Å². The van der Waals surface area contributed by atoms with Gasteiger partial charge >= 0.3 is 0 Å². The maximum Gasteiger partial charge on any atom is 0.161 e. The highest BCUT2D eigenvalue weighted by molar-refractivity contribution is 7.85. The molecule has 2 aromatic carbocycles. The maximum atomic E-state index is 10.4. The van der Waals surface area contributed by atoms with Crippen molar-refractivity contribution in [2.75, 3.05) is 13.2 Å². The predicted molar refractivity (Wildman–Crippen MR) is 82.6 cm³/mol. The molecule has 0 fully saturated rings. The minimum absolute atomic E-state index is 0.00562. The quantitative estimate of drug-likeness (QED) is 0.838. The lowest BCUT2D eigenvalue weighted by molar-refractivity contribution is 0.0456. The van der Waals surface area contributed by atoms with Crippen molar-refractivity contribution >= 4 is 10.1 Å². The van der Waals surface area contributed by atoms with Crippen LogP contribution in [0.3, 0.4) is 0 Å². The fourth-order valence-corrected chi connectivity index (χ4v) is 2.33. The first kappa shape index (κ1) is 17.3. The van der Waals surface area contributed by atoms with Gasteiger partial charge in [0.2, 0.25) is 0 Å². The Kier molecular flexibility index (Phi) is 5.59. The average Bonchev–Trinajstić information content (AvgIpc) is 2.54. The molecule has 1 unspecified atom stereocenters. The van der Waals surface area contributed by atoms with Crippen molar-refractivity contribution in [1.29, 1.82) is 0 Å². The highest BCUT2D eigenvalue weighted by atomic mass is 32.2. The van der Waals surface area contributed by atoms with E-state index >= 15 is 0 Å². The van der Waals surface area contributed by atoms with Gasteiger partial charge in [-0.15, -0.1) is 0 Å². The van der Waals surface area contributed by atoms with E-state index in [9.17, 15) is 13.0 Å². The zero-order valence-corrected chi connectivity index (χ0v) is 13.3. The fourth-order valence-electron chi connectivity index (χ4n) is 1.86. The summed E-state index contributed by atoms with van der Waals surface area (Å²) >= 11 is 0. The van der Waals surface area contributed by atoms with Gasteiger partial charge in [0.25, 0.3) is 0 Å². The van der Waals surface area contributed by atoms with E-state index in [0.717, 1.165) is 11.3 Å². The molecule has 2 aromatic rings. The van der Waals surface area contributed by atoms with Gasteiger partial charge in [-0.1, -0.05) is 29.8 Å². The first-order valence-corrected chi connectivity index (χ1v) is 8.33. The summed E-state index contributed by atoms with van der Waals surface area (Å²) in [6.45, 7) is 2.24. The lowest BCUT2D eigenvalue weighted by Gasteiger charge is -2.24. The maximum absolute atomic E-state index is 10.4. The van der Waals surface area contributed by atoms with Crippen LogP contribution in [0.15, 0.2) is 53.4 Å². The molecular formula is C16H17O6S-. The Balaban J connectivity index is 0.000000168. The van der Waals surface area contributed by atoms with Crippen LogP contribution in [0.1, 0.15) is 5.56 Å². The van der Waals surface area contributed by atoms with Crippen molar-refractivity contribution in [2.24, 2.45) is 0 Å². The van der Waals surface area contributed by atoms with Gasteiger partial charge < -0.3 is 19.1 Å². The van der Waals surface area contributed by atoms with Crippen LogP contribution in [0.2, 0.25) is 0 Å². The third kappa shape index (κ3) is 4.95. The normalized spacial score (nSPS) is 16.2. The van der Waals surface area contributed by atoms with E-state index in [-0.39, 0.29) is 17.6 Å². The number of hydrogen-bond donors (Lipinski definition) is 1. The smallest absolute Gasteiger partial charge is 0.161 e. The fraction of sp³-hybridized carbons (Fsp3) is 0.250. The summed E-state index contributed by atoms with van der Waals surface area (Å²) in [5.41, 5.74) is 0.928. The second-order valence-electron chi connectivity index (χ2n) is 4.95. The molecule has 0 aromatic heterocycles. The number of hydrogen-bond acceptors (Lipinski definition) is 6. The average molecular weight is 337 g/mol. The molecule has 0 bridgehead atoms. The number of rotatable bonds is 2. The van der Waals surface area contributed by atoms with E-state index in [1.54, 1.807) is 12.1 Å². The molecule has 0 aliphatic carbocycles. The summed E-state index contributed by atoms with van der Waals surface area (Å²) in [7, 11) is -4.27. The first-order chi connectivity index (χ1) is 10.9. The van der Waals surface area contributed by atoms with E-state index in [0.29, 0.717) is 12.4 Å². The second-order valence-corrected chi connectivity index (χ2v) is 6.33. The van der Waals surface area contributed by atoms with E-state index < -0.39 is 10.1 Å². The Morgan fingerprint density at radius 1 is 1.13 bits per heavy atom. The molecule has 0 saturated heterocycles. The van der Waals surface area contributed by atoms with Gasteiger partial charge in [-0.2, -0.15) is 0 Å². The number of ether oxygens (including phenoxy) is 2. The highest BCUT2D eigenvalue weighted by Crippen LogP contribution is 2.30. The Hall–Kier alpha value is -2.09. The molecule has 0 saturated carbocycles. The van der Waals surface area contributed by atoms with Crippen LogP contribution in [-0.4, -0.2) is 37.4 Å². The Morgan fingerprint density at radius 3 is 2.30 bits per heavy atom. The Morgan fingerprint density at radius 2 is 1.74 bits per heavy atom. The predicted octanol–water partition coefficient (Wildman–Crippen LogP) is 1.72. The van der Waals surface area contributed by atoms with Gasteiger partial charge in [0.15, 0.2) is 17.6 Å². The van der Waals surface area contributed by atoms with E-state index in [4.69, 9.17) is 14.6 Å². The molecule has 1 aliphatic rings. The molecule has 0 amide bonds. The molecule has 23 heavy (non-hydrogen) atoms. The van der Waals surface area contributed by atoms with E-state index in [1.807, 2.05) is 31.2 Å². The van der Waals surface area contributed by atoms with Crippen molar-refractivity contribution in [3.05, 3.63) is 54.1 Å². The minimum Gasteiger partial charge on any atom is -0.744 e. The molecular weight excluding hydrogens is 320 g/mol. The van der Waals surface area contributed by atoms with Crippen LogP contribution in [0, 0.1) is 6.92 Å². The largest absolute Gasteiger partial charge is 0.744 e. The second kappa shape index (κ2) is 7.45. The molecule has 1 aliphatic heterocycles. The third-order valence-electron chi connectivity index (χ3n) is 3.08. The summed E-state index contributed by atoms with van der Waals surface area (Å²) in [5.74, 6) is 1.46. The monoisotopic (exact) mass is 337 g/mol. The SMILES string of the molecule is Cc1ccc(S(=O)(=O)[O-])cc1.OCC1COc2ccccc2O1. The van der Waals surface area contributed by atoms with Crippen LogP contribution < -0.4 is 9.47 Å². The van der Waals surface area contributed by atoms with Crippen LogP contribution in [0.25, 0.3) is 0 Å². The third-order valence-corrected chi connectivity index (χ3v) is 3.93. The minimum atomic E-state index is -4.27. The van der Waals surface area contributed by atoms with Gasteiger partial charge in [-0.25, -0.2) is 8.42 Å². The Bertz CT molecular complexity index is 739. The highest BCUT2D eigenvalue weighted by Gasteiger charge is 2.18. The summed E-state index contributed by atoms with van der Waals surface area (Å²) in [5, 5.41) is 8.81. The zero-order valence-electron chi connectivity index (χ0n) is 12.5. The molecule has 0 radical (unpaired) electrons. The number of aliphatic hydroxyl groups excluding tert-OH is 1. The van der Waals surface area contributed by atoms with E-state index in [2.05, 4.69) is 0 Å². The topological polar surface area (TPSA) is 95.9 Å². The molecule has 7 heteroatoms. The number of aliphatic hydroxyl groups is 1. The molecule has 1 atom stereocenters.